The first-order valence-corrected chi connectivity index (χ1v) is 14.5. The number of halogens is 1. The summed E-state index contributed by atoms with van der Waals surface area (Å²) in [6.07, 6.45) is 0.374. The van der Waals surface area contributed by atoms with Gasteiger partial charge in [-0.3, -0.25) is 9.59 Å². The standard InChI is InChI=1S/C31H29ClN2O6S/c1-39-28-16-14-25(20-29(28)40-2)41(37,38)34(18-17-22-9-5-3-6-10-22)21-30(35)33-27-15-13-24(32)19-26(27)31(36)23-11-7-4-8-12-23/h3-16,19-20H,17-18,21H2,1-2H3,(H,33,35). The fraction of sp³-hybridized carbons (Fsp3) is 0.161. The molecule has 41 heavy (non-hydrogen) atoms. The Morgan fingerprint density at radius 3 is 2.15 bits per heavy atom. The third-order valence-corrected chi connectivity index (χ3v) is 8.42. The molecule has 0 bridgehead atoms. The van der Waals surface area contributed by atoms with E-state index in [0.717, 1.165) is 9.87 Å². The Bertz CT molecular complexity index is 1630. The number of benzene rings is 4. The summed E-state index contributed by atoms with van der Waals surface area (Å²) in [7, 11) is -1.28. The molecule has 0 atom stereocenters. The number of rotatable bonds is 12. The first-order chi connectivity index (χ1) is 19.7. The summed E-state index contributed by atoms with van der Waals surface area (Å²) in [5, 5.41) is 3.03. The van der Waals surface area contributed by atoms with Gasteiger partial charge < -0.3 is 14.8 Å². The zero-order valence-electron chi connectivity index (χ0n) is 22.5. The third-order valence-electron chi connectivity index (χ3n) is 6.34. The molecule has 0 radical (unpaired) electrons. The van der Waals surface area contributed by atoms with Crippen LogP contribution in [-0.4, -0.2) is 51.7 Å². The number of ketones is 1. The second-order valence-corrected chi connectivity index (χ2v) is 11.4. The largest absolute Gasteiger partial charge is 0.493 e. The van der Waals surface area contributed by atoms with Crippen molar-refractivity contribution in [3.63, 3.8) is 0 Å². The molecule has 0 spiro atoms. The van der Waals surface area contributed by atoms with Crippen LogP contribution in [0.5, 0.6) is 11.5 Å². The van der Waals surface area contributed by atoms with E-state index in [1.165, 1.54) is 44.6 Å². The van der Waals surface area contributed by atoms with Crippen LogP contribution in [0.15, 0.2) is 102 Å². The monoisotopic (exact) mass is 592 g/mol. The smallest absolute Gasteiger partial charge is 0.243 e. The summed E-state index contributed by atoms with van der Waals surface area (Å²) < 4.78 is 39.2. The molecule has 1 amide bonds. The van der Waals surface area contributed by atoms with E-state index in [0.29, 0.717) is 22.8 Å². The highest BCUT2D eigenvalue weighted by molar-refractivity contribution is 7.89. The Labute approximate surface area is 244 Å². The number of ether oxygens (including phenoxy) is 2. The first kappa shape index (κ1) is 29.8. The second-order valence-electron chi connectivity index (χ2n) is 9.02. The highest BCUT2D eigenvalue weighted by Gasteiger charge is 2.28. The van der Waals surface area contributed by atoms with Gasteiger partial charge >= 0.3 is 0 Å². The number of anilines is 1. The molecule has 4 aromatic carbocycles. The number of carbonyl (C=O) groups is 2. The van der Waals surface area contributed by atoms with Crippen molar-refractivity contribution >= 4 is 39.0 Å². The number of nitrogens with one attached hydrogen (secondary N) is 1. The van der Waals surface area contributed by atoms with Crippen molar-refractivity contribution in [3.05, 3.63) is 119 Å². The fourth-order valence-corrected chi connectivity index (χ4v) is 5.80. The summed E-state index contributed by atoms with van der Waals surface area (Å²) in [5.74, 6) is -0.335. The molecule has 0 aliphatic heterocycles. The van der Waals surface area contributed by atoms with E-state index in [1.54, 1.807) is 36.4 Å². The normalized spacial score (nSPS) is 11.2. The van der Waals surface area contributed by atoms with Crippen LogP contribution in [0.4, 0.5) is 5.69 Å². The van der Waals surface area contributed by atoms with E-state index < -0.39 is 22.5 Å². The van der Waals surface area contributed by atoms with Gasteiger partial charge in [0, 0.05) is 28.8 Å². The minimum absolute atomic E-state index is 0.0323. The molecule has 0 aliphatic carbocycles. The Hall–Kier alpha value is -4.18. The predicted molar refractivity (Wildman–Crippen MR) is 158 cm³/mol. The van der Waals surface area contributed by atoms with Crippen molar-refractivity contribution in [2.75, 3.05) is 32.6 Å². The van der Waals surface area contributed by atoms with Crippen LogP contribution in [-0.2, 0) is 21.2 Å². The molecule has 0 saturated carbocycles. The van der Waals surface area contributed by atoms with Crippen molar-refractivity contribution < 1.29 is 27.5 Å². The Kier molecular flexibility index (Phi) is 9.78. The lowest BCUT2D eigenvalue weighted by Gasteiger charge is -2.23. The molecule has 10 heteroatoms. The molecule has 1 N–H and O–H groups in total. The van der Waals surface area contributed by atoms with Gasteiger partial charge in [0.2, 0.25) is 15.9 Å². The molecule has 0 saturated heterocycles. The van der Waals surface area contributed by atoms with Crippen molar-refractivity contribution in [3.8, 4) is 11.5 Å². The molecule has 0 aliphatic rings. The Morgan fingerprint density at radius 2 is 1.49 bits per heavy atom. The van der Waals surface area contributed by atoms with Crippen LogP contribution in [0.2, 0.25) is 5.02 Å². The molecule has 0 aromatic heterocycles. The SMILES string of the molecule is COc1ccc(S(=O)(=O)N(CCc2ccccc2)CC(=O)Nc2ccc(Cl)cc2C(=O)c2ccccc2)cc1OC. The van der Waals surface area contributed by atoms with Gasteiger partial charge in [0.1, 0.15) is 0 Å². The number of hydrogen-bond donors (Lipinski definition) is 1. The average Bonchev–Trinajstić information content (AvgIpc) is 3.00. The maximum Gasteiger partial charge on any atom is 0.243 e. The van der Waals surface area contributed by atoms with E-state index >= 15 is 0 Å². The van der Waals surface area contributed by atoms with E-state index in [9.17, 15) is 18.0 Å². The Balaban J connectivity index is 1.63. The zero-order valence-corrected chi connectivity index (χ0v) is 24.1. The van der Waals surface area contributed by atoms with Gasteiger partial charge in [-0.05, 0) is 42.3 Å². The molecule has 4 rings (SSSR count). The number of carbonyl (C=O) groups excluding carboxylic acids is 2. The van der Waals surface area contributed by atoms with Crippen molar-refractivity contribution in [1.29, 1.82) is 0 Å². The van der Waals surface area contributed by atoms with Crippen LogP contribution >= 0.6 is 11.6 Å². The number of sulfonamides is 1. The van der Waals surface area contributed by atoms with Gasteiger partial charge in [-0.2, -0.15) is 4.31 Å². The second kappa shape index (κ2) is 13.5. The highest BCUT2D eigenvalue weighted by Crippen LogP contribution is 2.31. The van der Waals surface area contributed by atoms with Crippen LogP contribution < -0.4 is 14.8 Å². The van der Waals surface area contributed by atoms with E-state index in [4.69, 9.17) is 21.1 Å². The topological polar surface area (TPSA) is 102 Å². The van der Waals surface area contributed by atoms with Crippen molar-refractivity contribution in [2.45, 2.75) is 11.3 Å². The van der Waals surface area contributed by atoms with Crippen LogP contribution in [0.1, 0.15) is 21.5 Å². The van der Waals surface area contributed by atoms with E-state index in [1.807, 2.05) is 30.3 Å². The molecular weight excluding hydrogens is 564 g/mol. The summed E-state index contributed by atoms with van der Waals surface area (Å²) in [4.78, 5) is 26.5. The predicted octanol–water partition coefficient (Wildman–Crippen LogP) is 5.46. The average molecular weight is 593 g/mol. The first-order valence-electron chi connectivity index (χ1n) is 12.7. The van der Waals surface area contributed by atoms with Gasteiger partial charge in [-0.25, -0.2) is 8.42 Å². The molecule has 0 fully saturated rings. The summed E-state index contributed by atoms with van der Waals surface area (Å²) in [6, 6.07) is 26.8. The van der Waals surface area contributed by atoms with Gasteiger partial charge in [-0.15, -0.1) is 0 Å². The van der Waals surface area contributed by atoms with Gasteiger partial charge in [0.25, 0.3) is 0 Å². The van der Waals surface area contributed by atoms with Crippen LogP contribution in [0.25, 0.3) is 0 Å². The maximum atomic E-state index is 13.8. The quantitative estimate of drug-likeness (QED) is 0.219. The molecule has 212 valence electrons. The van der Waals surface area contributed by atoms with E-state index in [2.05, 4.69) is 5.32 Å². The Morgan fingerprint density at radius 1 is 0.829 bits per heavy atom. The van der Waals surface area contributed by atoms with Crippen LogP contribution in [0, 0.1) is 0 Å². The van der Waals surface area contributed by atoms with Gasteiger partial charge in [-0.1, -0.05) is 72.3 Å². The molecule has 0 unspecified atom stereocenters. The molecule has 4 aromatic rings. The summed E-state index contributed by atoms with van der Waals surface area (Å²) >= 11 is 6.17. The minimum atomic E-state index is -4.14. The van der Waals surface area contributed by atoms with Crippen LogP contribution in [0.3, 0.4) is 0 Å². The highest BCUT2D eigenvalue weighted by atomic mass is 35.5. The third kappa shape index (κ3) is 7.32. The minimum Gasteiger partial charge on any atom is -0.493 e. The maximum absolute atomic E-state index is 13.8. The van der Waals surface area contributed by atoms with Crippen molar-refractivity contribution in [1.82, 2.24) is 4.31 Å². The lowest BCUT2D eigenvalue weighted by atomic mass is 10.0. The molecular formula is C31H29ClN2O6S. The number of methoxy groups -OCH3 is 2. The number of nitrogens with zero attached hydrogens (tertiary/aromatic N) is 1. The lowest BCUT2D eigenvalue weighted by Crippen LogP contribution is -2.39. The van der Waals surface area contributed by atoms with Gasteiger partial charge in [0.15, 0.2) is 17.3 Å². The fourth-order valence-electron chi connectivity index (χ4n) is 4.22. The lowest BCUT2D eigenvalue weighted by molar-refractivity contribution is -0.116. The summed E-state index contributed by atoms with van der Waals surface area (Å²) in [6.45, 7) is -0.463. The number of amides is 1. The molecule has 8 nitrogen and oxygen atoms in total. The zero-order chi connectivity index (χ0) is 29.4. The number of hydrogen-bond acceptors (Lipinski definition) is 6. The van der Waals surface area contributed by atoms with E-state index in [-0.39, 0.29) is 34.2 Å². The van der Waals surface area contributed by atoms with Crippen molar-refractivity contribution in [2.24, 2.45) is 0 Å². The van der Waals surface area contributed by atoms with Gasteiger partial charge in [0.05, 0.1) is 31.3 Å². The molecule has 0 heterocycles. The summed E-state index contributed by atoms with van der Waals surface area (Å²) in [5.41, 5.74) is 1.75.